The summed E-state index contributed by atoms with van der Waals surface area (Å²) in [4.78, 5) is 2.71. The third kappa shape index (κ3) is 3.58. The molecule has 1 saturated carbocycles. The number of hydrogen-bond donors (Lipinski definition) is 1. The fourth-order valence-corrected chi connectivity index (χ4v) is 3.62. The molecule has 0 radical (unpaired) electrons. The Hall–Kier alpha value is -0.340. The van der Waals surface area contributed by atoms with Crippen LogP contribution in [0.4, 0.5) is 0 Å². The Bertz CT molecular complexity index is 277. The lowest BCUT2D eigenvalue weighted by Gasteiger charge is -2.48. The van der Waals surface area contributed by atoms with E-state index >= 15 is 0 Å². The summed E-state index contributed by atoms with van der Waals surface area (Å²) in [6.45, 7) is 10.3. The lowest BCUT2D eigenvalue weighted by molar-refractivity contribution is 0.0576. The van der Waals surface area contributed by atoms with E-state index in [9.17, 15) is 0 Å². The van der Waals surface area contributed by atoms with Crippen molar-refractivity contribution < 1.29 is 0 Å². The largest absolute Gasteiger partial charge is 0.309 e. The highest BCUT2D eigenvalue weighted by atomic mass is 15.2. The summed E-state index contributed by atoms with van der Waals surface area (Å²) in [6.07, 6.45) is 11.7. The van der Waals surface area contributed by atoms with Crippen LogP contribution in [0.15, 0.2) is 12.2 Å². The molecule has 0 amide bonds. The molecular weight excluding hydrogens is 220 g/mol. The molecule has 0 aromatic carbocycles. The van der Waals surface area contributed by atoms with Crippen LogP contribution in [0.1, 0.15) is 52.9 Å². The zero-order valence-electron chi connectivity index (χ0n) is 12.4. The predicted octanol–water partition coefficient (Wildman–Crippen LogP) is 3.20. The number of allylic oxidation sites excluding steroid dienone is 1. The van der Waals surface area contributed by atoms with Gasteiger partial charge in [-0.25, -0.2) is 0 Å². The van der Waals surface area contributed by atoms with Gasteiger partial charge in [-0.05, 0) is 39.5 Å². The third-order valence-electron chi connectivity index (χ3n) is 4.63. The summed E-state index contributed by atoms with van der Waals surface area (Å²) in [5.41, 5.74) is 0.271. The zero-order chi connectivity index (χ0) is 13.0. The van der Waals surface area contributed by atoms with Crippen LogP contribution in [0.2, 0.25) is 0 Å². The lowest BCUT2D eigenvalue weighted by Crippen LogP contribution is -2.63. The molecule has 0 aromatic rings. The molecule has 1 unspecified atom stereocenters. The van der Waals surface area contributed by atoms with Crippen molar-refractivity contribution in [3.05, 3.63) is 12.2 Å². The number of nitrogens with zero attached hydrogens (tertiary/aromatic N) is 1. The van der Waals surface area contributed by atoms with E-state index in [1.807, 2.05) is 0 Å². The summed E-state index contributed by atoms with van der Waals surface area (Å²) in [5, 5.41) is 3.75. The molecule has 0 aromatic heterocycles. The van der Waals surface area contributed by atoms with Gasteiger partial charge in [0, 0.05) is 31.2 Å². The molecule has 18 heavy (non-hydrogen) atoms. The van der Waals surface area contributed by atoms with Gasteiger partial charge in [0.2, 0.25) is 0 Å². The minimum absolute atomic E-state index is 0.271. The molecule has 0 spiro atoms. The lowest BCUT2D eigenvalue weighted by atomic mass is 9.81. The standard InChI is InChI=1S/C16H30N2/c1-4-5-11-18-13-16(2,3)17-12-15(18)14-9-7-6-8-10-14/h4-5,14-15,17H,6-13H2,1-3H3/b5-4+. The van der Waals surface area contributed by atoms with Crippen molar-refractivity contribution in [1.29, 1.82) is 0 Å². The first-order chi connectivity index (χ1) is 8.62. The van der Waals surface area contributed by atoms with E-state index in [0.717, 1.165) is 18.5 Å². The van der Waals surface area contributed by atoms with Crippen molar-refractivity contribution in [2.75, 3.05) is 19.6 Å². The van der Waals surface area contributed by atoms with Crippen molar-refractivity contribution in [1.82, 2.24) is 10.2 Å². The monoisotopic (exact) mass is 250 g/mol. The quantitative estimate of drug-likeness (QED) is 0.774. The van der Waals surface area contributed by atoms with Crippen LogP contribution in [0, 0.1) is 5.92 Å². The Balaban J connectivity index is 2.01. The molecule has 104 valence electrons. The summed E-state index contributed by atoms with van der Waals surface area (Å²) in [6, 6.07) is 0.759. The Kier molecular flexibility index (Phi) is 4.85. The van der Waals surface area contributed by atoms with Crippen LogP contribution in [-0.4, -0.2) is 36.1 Å². The van der Waals surface area contributed by atoms with Gasteiger partial charge in [-0.1, -0.05) is 31.4 Å². The molecule has 2 heteroatoms. The first-order valence-corrected chi connectivity index (χ1v) is 7.72. The van der Waals surface area contributed by atoms with Crippen molar-refractivity contribution in [2.24, 2.45) is 5.92 Å². The van der Waals surface area contributed by atoms with Crippen molar-refractivity contribution in [3.63, 3.8) is 0 Å². The van der Waals surface area contributed by atoms with Gasteiger partial charge in [0.15, 0.2) is 0 Å². The predicted molar refractivity (Wildman–Crippen MR) is 78.8 cm³/mol. The van der Waals surface area contributed by atoms with Crippen LogP contribution < -0.4 is 5.32 Å². The Morgan fingerprint density at radius 3 is 2.61 bits per heavy atom. The fraction of sp³-hybridized carbons (Fsp3) is 0.875. The summed E-state index contributed by atoms with van der Waals surface area (Å²) >= 11 is 0. The molecule has 2 fully saturated rings. The second-order valence-electron chi connectivity index (χ2n) is 6.73. The first kappa shape index (κ1) is 14.1. The van der Waals surface area contributed by atoms with Crippen molar-refractivity contribution in [2.45, 2.75) is 64.5 Å². The summed E-state index contributed by atoms with van der Waals surface area (Å²) < 4.78 is 0. The Labute approximate surface area is 113 Å². The van der Waals surface area contributed by atoms with E-state index < -0.39 is 0 Å². The second kappa shape index (κ2) is 6.21. The normalized spacial score (nSPS) is 30.9. The van der Waals surface area contributed by atoms with Gasteiger partial charge in [0.25, 0.3) is 0 Å². The van der Waals surface area contributed by atoms with Crippen LogP contribution >= 0.6 is 0 Å². The maximum Gasteiger partial charge on any atom is 0.0253 e. The zero-order valence-corrected chi connectivity index (χ0v) is 12.4. The van der Waals surface area contributed by atoms with Crippen LogP contribution in [0.3, 0.4) is 0 Å². The molecular formula is C16H30N2. The highest BCUT2D eigenvalue weighted by Crippen LogP contribution is 2.31. The SMILES string of the molecule is C/C=C/CN1CC(C)(C)NCC1C1CCCCC1. The van der Waals surface area contributed by atoms with Gasteiger partial charge in [-0.15, -0.1) is 0 Å². The first-order valence-electron chi connectivity index (χ1n) is 7.72. The molecule has 1 N–H and O–H groups in total. The van der Waals surface area contributed by atoms with Crippen LogP contribution in [0.25, 0.3) is 0 Å². The van der Waals surface area contributed by atoms with E-state index in [0.29, 0.717) is 0 Å². The van der Waals surface area contributed by atoms with Crippen LogP contribution in [0.5, 0.6) is 0 Å². The van der Waals surface area contributed by atoms with Gasteiger partial charge in [0.05, 0.1) is 0 Å². The molecule has 1 aliphatic heterocycles. The van der Waals surface area contributed by atoms with E-state index in [1.165, 1.54) is 45.2 Å². The molecule has 2 nitrogen and oxygen atoms in total. The molecule has 2 rings (SSSR count). The highest BCUT2D eigenvalue weighted by molar-refractivity contribution is 4.97. The average molecular weight is 250 g/mol. The topological polar surface area (TPSA) is 15.3 Å². The minimum Gasteiger partial charge on any atom is -0.309 e. The van der Waals surface area contributed by atoms with Crippen molar-refractivity contribution in [3.8, 4) is 0 Å². The molecule has 1 aliphatic carbocycles. The van der Waals surface area contributed by atoms with Crippen molar-refractivity contribution >= 4 is 0 Å². The van der Waals surface area contributed by atoms with Crippen LogP contribution in [-0.2, 0) is 0 Å². The maximum atomic E-state index is 3.75. The van der Waals surface area contributed by atoms with E-state index in [-0.39, 0.29) is 5.54 Å². The van der Waals surface area contributed by atoms with Gasteiger partial charge in [-0.3, -0.25) is 4.90 Å². The molecule has 1 heterocycles. The number of piperazine rings is 1. The molecule has 1 saturated heterocycles. The van der Waals surface area contributed by atoms with Gasteiger partial charge in [0.1, 0.15) is 0 Å². The van der Waals surface area contributed by atoms with Gasteiger partial charge in [-0.2, -0.15) is 0 Å². The Morgan fingerprint density at radius 1 is 1.22 bits per heavy atom. The van der Waals surface area contributed by atoms with Gasteiger partial charge < -0.3 is 5.32 Å². The Morgan fingerprint density at radius 2 is 1.94 bits per heavy atom. The molecule has 0 bridgehead atoms. The fourth-order valence-electron chi connectivity index (χ4n) is 3.62. The smallest absolute Gasteiger partial charge is 0.0253 e. The summed E-state index contributed by atoms with van der Waals surface area (Å²) in [7, 11) is 0. The van der Waals surface area contributed by atoms with E-state index in [1.54, 1.807) is 0 Å². The molecule has 1 atom stereocenters. The average Bonchev–Trinajstić information content (AvgIpc) is 2.36. The minimum atomic E-state index is 0.271. The highest BCUT2D eigenvalue weighted by Gasteiger charge is 2.36. The summed E-state index contributed by atoms with van der Waals surface area (Å²) in [5.74, 6) is 0.924. The van der Waals surface area contributed by atoms with E-state index in [2.05, 4.69) is 43.1 Å². The molecule has 2 aliphatic rings. The third-order valence-corrected chi connectivity index (χ3v) is 4.63. The number of hydrogen-bond acceptors (Lipinski definition) is 2. The maximum absolute atomic E-state index is 3.75. The number of rotatable bonds is 3. The second-order valence-corrected chi connectivity index (χ2v) is 6.73. The van der Waals surface area contributed by atoms with E-state index in [4.69, 9.17) is 0 Å². The van der Waals surface area contributed by atoms with Gasteiger partial charge >= 0.3 is 0 Å². The number of nitrogens with one attached hydrogen (secondary N) is 1.